The third-order valence-corrected chi connectivity index (χ3v) is 8.74. The highest BCUT2D eigenvalue weighted by Crippen LogP contribution is 2.35. The molecule has 3 aromatic carbocycles. The molecule has 1 aliphatic rings. The maximum absolute atomic E-state index is 14.0. The lowest BCUT2D eigenvalue weighted by molar-refractivity contribution is -0.141. The lowest BCUT2D eigenvalue weighted by Crippen LogP contribution is -2.50. The third-order valence-electron chi connectivity index (χ3n) is 7.31. The van der Waals surface area contributed by atoms with Gasteiger partial charge in [0.2, 0.25) is 21.8 Å². The van der Waals surface area contributed by atoms with E-state index in [-0.39, 0.29) is 37.7 Å². The molecule has 0 aliphatic carbocycles. The molecule has 1 heterocycles. The Balaban J connectivity index is 1.56. The molecule has 3 aromatic rings. The number of benzene rings is 3. The highest BCUT2D eigenvalue weighted by molar-refractivity contribution is 7.92. The number of hydrogen-bond donors (Lipinski definition) is 1. The van der Waals surface area contributed by atoms with Crippen molar-refractivity contribution in [2.75, 3.05) is 36.9 Å². The molecule has 9 nitrogen and oxygen atoms in total. The van der Waals surface area contributed by atoms with Gasteiger partial charge < -0.3 is 19.7 Å². The third kappa shape index (κ3) is 9.37. The summed E-state index contributed by atoms with van der Waals surface area (Å²) in [5, 5.41) is 3.54. The van der Waals surface area contributed by atoms with Crippen molar-refractivity contribution in [2.45, 2.75) is 51.6 Å². The monoisotopic (exact) mass is 641 g/mol. The smallest absolute Gasteiger partial charge is 0.243 e. The Morgan fingerprint density at radius 2 is 1.66 bits per heavy atom. The van der Waals surface area contributed by atoms with Gasteiger partial charge in [0.15, 0.2) is 11.5 Å². The van der Waals surface area contributed by atoms with Gasteiger partial charge in [-0.05, 0) is 48.2 Å². The van der Waals surface area contributed by atoms with Crippen LogP contribution >= 0.6 is 11.6 Å². The molecule has 44 heavy (non-hydrogen) atoms. The molecule has 1 N–H and O–H groups in total. The Morgan fingerprint density at radius 3 is 2.36 bits per heavy atom. The largest absolute Gasteiger partial charge is 0.486 e. The molecule has 11 heteroatoms. The van der Waals surface area contributed by atoms with Crippen molar-refractivity contribution in [1.29, 1.82) is 0 Å². The van der Waals surface area contributed by atoms with Crippen LogP contribution in [0.5, 0.6) is 11.5 Å². The first-order valence-corrected chi connectivity index (χ1v) is 17.1. The summed E-state index contributed by atoms with van der Waals surface area (Å²) in [6, 6.07) is 21.0. The molecule has 4 rings (SSSR count). The highest BCUT2D eigenvalue weighted by atomic mass is 35.5. The van der Waals surface area contributed by atoms with Gasteiger partial charge in [0.25, 0.3) is 0 Å². The Labute approximate surface area is 265 Å². The van der Waals surface area contributed by atoms with E-state index in [0.717, 1.165) is 30.2 Å². The van der Waals surface area contributed by atoms with Crippen LogP contribution in [0.25, 0.3) is 0 Å². The van der Waals surface area contributed by atoms with Crippen LogP contribution in [-0.4, -0.2) is 63.7 Å². The first-order chi connectivity index (χ1) is 21.2. The fourth-order valence-corrected chi connectivity index (χ4v) is 6.25. The van der Waals surface area contributed by atoms with Gasteiger partial charge in [-0.1, -0.05) is 67.4 Å². The number of rotatable bonds is 15. The lowest BCUT2D eigenvalue weighted by atomic mass is 10.0. The summed E-state index contributed by atoms with van der Waals surface area (Å²) in [4.78, 5) is 29.2. The van der Waals surface area contributed by atoms with Crippen molar-refractivity contribution in [3.63, 3.8) is 0 Å². The molecule has 1 atom stereocenters. The summed E-state index contributed by atoms with van der Waals surface area (Å²) in [5.41, 5.74) is 2.14. The number of fused-ring (bicyclic) bond motifs is 1. The van der Waals surface area contributed by atoms with Crippen molar-refractivity contribution >= 4 is 39.1 Å². The van der Waals surface area contributed by atoms with E-state index in [9.17, 15) is 18.0 Å². The number of unbranched alkanes of at least 4 members (excludes halogenated alkanes) is 1. The van der Waals surface area contributed by atoms with Crippen molar-refractivity contribution in [1.82, 2.24) is 10.2 Å². The number of anilines is 1. The summed E-state index contributed by atoms with van der Waals surface area (Å²) >= 11 is 6.27. The van der Waals surface area contributed by atoms with Gasteiger partial charge in [0.1, 0.15) is 19.3 Å². The van der Waals surface area contributed by atoms with Gasteiger partial charge in [-0.3, -0.25) is 13.9 Å². The molecule has 1 unspecified atom stereocenters. The highest BCUT2D eigenvalue weighted by Gasteiger charge is 2.30. The van der Waals surface area contributed by atoms with Crippen LogP contribution < -0.4 is 19.1 Å². The molecule has 236 valence electrons. The van der Waals surface area contributed by atoms with E-state index in [1.165, 1.54) is 4.31 Å². The van der Waals surface area contributed by atoms with Crippen molar-refractivity contribution < 1.29 is 27.5 Å². The molecule has 0 radical (unpaired) electrons. The molecule has 0 saturated carbocycles. The molecule has 0 bridgehead atoms. The molecule has 2 amide bonds. The van der Waals surface area contributed by atoms with Gasteiger partial charge in [0, 0.05) is 43.6 Å². The molecule has 0 saturated heterocycles. The number of halogens is 1. The van der Waals surface area contributed by atoms with Crippen LogP contribution in [0, 0.1) is 0 Å². The Bertz CT molecular complexity index is 1520. The summed E-state index contributed by atoms with van der Waals surface area (Å²) in [7, 11) is -3.67. The number of carbonyl (C=O) groups excluding carboxylic acids is 2. The second-order valence-electron chi connectivity index (χ2n) is 10.8. The average Bonchev–Trinajstić information content (AvgIpc) is 3.00. The fraction of sp³-hybridized carbons (Fsp3) is 0.394. The van der Waals surface area contributed by atoms with Crippen LogP contribution in [0.1, 0.15) is 43.7 Å². The zero-order valence-corrected chi connectivity index (χ0v) is 26.8. The van der Waals surface area contributed by atoms with Gasteiger partial charge in [-0.25, -0.2) is 8.42 Å². The zero-order valence-electron chi connectivity index (χ0n) is 25.2. The normalized spacial score (nSPS) is 13.2. The quantitative estimate of drug-likeness (QED) is 0.228. The number of nitrogens with one attached hydrogen (secondary N) is 1. The summed E-state index contributed by atoms with van der Waals surface area (Å²) in [6.45, 7) is 3.61. The van der Waals surface area contributed by atoms with Crippen LogP contribution in [0.2, 0.25) is 5.02 Å². The molecule has 0 spiro atoms. The lowest BCUT2D eigenvalue weighted by Gasteiger charge is -2.32. The zero-order chi connectivity index (χ0) is 31.5. The summed E-state index contributed by atoms with van der Waals surface area (Å²) in [6.07, 6.45) is 3.49. The number of hydrogen-bond acceptors (Lipinski definition) is 6. The van der Waals surface area contributed by atoms with Crippen LogP contribution in [0.15, 0.2) is 72.8 Å². The summed E-state index contributed by atoms with van der Waals surface area (Å²) in [5.74, 6) is 0.546. The van der Waals surface area contributed by atoms with Gasteiger partial charge in [-0.15, -0.1) is 0 Å². The van der Waals surface area contributed by atoms with E-state index in [1.807, 2.05) is 49.4 Å². The fourth-order valence-electron chi connectivity index (χ4n) is 5.08. The predicted octanol–water partition coefficient (Wildman–Crippen LogP) is 5.21. The van der Waals surface area contributed by atoms with Gasteiger partial charge in [-0.2, -0.15) is 0 Å². The van der Waals surface area contributed by atoms with Gasteiger partial charge >= 0.3 is 0 Å². The SMILES string of the molecule is CCCCNC(=O)C(Cc1ccccc1)N(Cc1cccc(Cl)c1)C(=O)CCCN(c1ccc2c(c1)OCCO2)S(C)(=O)=O. The standard InChI is InChI=1S/C33H40ClN3O6S/c1-3-4-17-35-33(39)29(22-25-10-6-5-7-11-25)36(24-26-12-8-13-27(34)21-26)32(38)14-9-18-37(44(2,40)41)28-15-16-30-31(23-28)43-20-19-42-30/h5-8,10-13,15-16,21,23,29H,3-4,9,14,17-20,22,24H2,1-2H3,(H,35,39). The molecule has 1 aliphatic heterocycles. The van der Waals surface area contributed by atoms with Crippen molar-refractivity contribution in [3.8, 4) is 11.5 Å². The first-order valence-electron chi connectivity index (χ1n) is 14.9. The molecular weight excluding hydrogens is 602 g/mol. The number of amides is 2. The number of ether oxygens (including phenoxy) is 2. The van der Waals surface area contributed by atoms with E-state index in [1.54, 1.807) is 35.2 Å². The van der Waals surface area contributed by atoms with Crippen LogP contribution in [-0.2, 0) is 32.6 Å². The number of carbonyl (C=O) groups is 2. The second kappa shape index (κ2) is 15.8. The average molecular weight is 642 g/mol. The maximum Gasteiger partial charge on any atom is 0.243 e. The first kappa shape index (κ1) is 33.1. The second-order valence-corrected chi connectivity index (χ2v) is 13.1. The van der Waals surface area contributed by atoms with Crippen LogP contribution in [0.4, 0.5) is 5.69 Å². The maximum atomic E-state index is 14.0. The topological polar surface area (TPSA) is 105 Å². The predicted molar refractivity (Wildman–Crippen MR) is 173 cm³/mol. The van der Waals surface area contributed by atoms with E-state index in [2.05, 4.69) is 5.32 Å². The van der Waals surface area contributed by atoms with E-state index >= 15 is 0 Å². The minimum Gasteiger partial charge on any atom is -0.486 e. The van der Waals surface area contributed by atoms with E-state index in [0.29, 0.717) is 48.4 Å². The Kier molecular flexibility index (Phi) is 11.9. The summed E-state index contributed by atoms with van der Waals surface area (Å²) < 4.78 is 38.1. The van der Waals surface area contributed by atoms with Crippen LogP contribution in [0.3, 0.4) is 0 Å². The van der Waals surface area contributed by atoms with Crippen molar-refractivity contribution in [3.05, 3.63) is 88.9 Å². The minimum absolute atomic E-state index is 0.0324. The Hall–Kier alpha value is -3.76. The number of sulfonamides is 1. The van der Waals surface area contributed by atoms with E-state index in [4.69, 9.17) is 21.1 Å². The molecule has 0 fully saturated rings. The number of nitrogens with zero attached hydrogens (tertiary/aromatic N) is 2. The van der Waals surface area contributed by atoms with E-state index < -0.39 is 16.1 Å². The van der Waals surface area contributed by atoms with Gasteiger partial charge in [0.05, 0.1) is 11.9 Å². The van der Waals surface area contributed by atoms with Crippen molar-refractivity contribution in [2.24, 2.45) is 0 Å². The molecule has 0 aromatic heterocycles. The Morgan fingerprint density at radius 1 is 0.932 bits per heavy atom. The minimum atomic E-state index is -3.67. The molecular formula is C33H40ClN3O6S.